The number of alkyl halides is 8. The summed E-state index contributed by atoms with van der Waals surface area (Å²) < 4.78 is 220. The van der Waals surface area contributed by atoms with E-state index in [9.17, 15) is 80.8 Å². The monoisotopic (exact) mass is 1300 g/mol. The number of alkyl carbamates (subject to hydrolysis) is 1. The lowest BCUT2D eigenvalue weighted by Gasteiger charge is -2.28. The van der Waals surface area contributed by atoms with Gasteiger partial charge in [-0.25, -0.2) is 49.3 Å². The minimum absolute atomic E-state index is 0.0822. The van der Waals surface area contributed by atoms with E-state index in [1.54, 1.807) is 0 Å². The normalized spacial score (nSPS) is 15.9. The van der Waals surface area contributed by atoms with Crippen LogP contribution in [0.2, 0.25) is 5.02 Å². The number of sulfonamides is 1. The summed E-state index contributed by atoms with van der Waals surface area (Å²) in [4.78, 5) is 75.6. The molecule has 2 aliphatic carbocycles. The SMILES string of the molecule is CC(C)(C#Cc1ccc(-c2ccc(Cl)c3c(N(C(=O)N(CCCC(=O)O)CCNC(=O)OCOP(=O)(O)O)S(C)(=O)=O)nn(CC(F)(F)F)c23)c([C@H](Cc2cc(F)cc(F)c2)NC(=O)Cn2nc(C(F)(F)F)c3c2C(F)(F)[C@@H]2C#C[C@H]32)n1)S(C)(=O)=O. The molecule has 0 radical (unpaired) electrons. The number of pyridine rings is 1. The van der Waals surface area contributed by atoms with Crippen molar-refractivity contribution in [2.75, 3.05) is 43.2 Å². The number of aromatic nitrogens is 5. The summed E-state index contributed by atoms with van der Waals surface area (Å²) in [6, 6.07) is 2.42. The van der Waals surface area contributed by atoms with Crippen LogP contribution in [-0.4, -0.2) is 135 Å². The van der Waals surface area contributed by atoms with Gasteiger partial charge in [-0.3, -0.25) is 19.0 Å². The Kier molecular flexibility index (Phi) is 18.7. The number of rotatable bonds is 21. The van der Waals surface area contributed by atoms with Crippen LogP contribution in [0.15, 0.2) is 42.5 Å². The summed E-state index contributed by atoms with van der Waals surface area (Å²) in [5.74, 6) is -4.73. The van der Waals surface area contributed by atoms with Gasteiger partial charge in [0.05, 0.1) is 39.8 Å². The van der Waals surface area contributed by atoms with Crippen molar-refractivity contribution in [3.63, 3.8) is 0 Å². The van der Waals surface area contributed by atoms with Gasteiger partial charge in [0.15, 0.2) is 21.3 Å². The average Bonchev–Trinajstić information content (AvgIpc) is 1.54. The number of anilines is 1. The van der Waals surface area contributed by atoms with Crippen molar-refractivity contribution in [2.45, 2.75) is 81.2 Å². The number of benzene rings is 2. The van der Waals surface area contributed by atoms with Crippen LogP contribution < -0.4 is 14.9 Å². The van der Waals surface area contributed by atoms with Gasteiger partial charge in [0.2, 0.25) is 22.7 Å². The number of nitrogens with one attached hydrogen (secondary N) is 2. The second-order valence-corrected chi connectivity index (χ2v) is 25.7. The highest BCUT2D eigenvalue weighted by molar-refractivity contribution is 7.93. The molecular formula is C49H45ClF10N9O14PS2. The van der Waals surface area contributed by atoms with Crippen molar-refractivity contribution in [3.05, 3.63) is 93.0 Å². The van der Waals surface area contributed by atoms with Gasteiger partial charge in [-0.1, -0.05) is 35.4 Å². The van der Waals surface area contributed by atoms with Gasteiger partial charge in [0.1, 0.15) is 46.8 Å². The third-order valence-electron chi connectivity index (χ3n) is 13.0. The number of phosphoric acid groups is 1. The number of carboxylic acids is 1. The number of carboxylic acid groups (broad SMARTS) is 1. The van der Waals surface area contributed by atoms with Gasteiger partial charge in [0.25, 0.3) is 0 Å². The van der Waals surface area contributed by atoms with E-state index in [0.29, 0.717) is 17.2 Å². The Balaban J connectivity index is 1.44. The minimum atomic E-state index is -5.36. The lowest BCUT2D eigenvalue weighted by molar-refractivity contribution is -0.143. The maximum absolute atomic E-state index is 15.9. The number of amides is 4. The smallest absolute Gasteiger partial charge is 0.472 e. The third-order valence-corrected chi connectivity index (χ3v) is 16.7. The molecule has 37 heteroatoms. The van der Waals surface area contributed by atoms with Crippen LogP contribution in [0, 0.1) is 41.2 Å². The van der Waals surface area contributed by atoms with Crippen LogP contribution in [0.25, 0.3) is 22.0 Å². The average molecular weight is 1300 g/mol. The first-order chi connectivity index (χ1) is 39.6. The van der Waals surface area contributed by atoms with Crippen LogP contribution in [0.5, 0.6) is 0 Å². The number of phosphoric ester groups is 1. The molecule has 464 valence electrons. The lowest BCUT2D eigenvalue weighted by Crippen LogP contribution is -2.49. The number of fused-ring (bicyclic) bond motifs is 4. The van der Waals surface area contributed by atoms with Gasteiger partial charge in [-0.05, 0) is 68.5 Å². The van der Waals surface area contributed by atoms with E-state index < -0.39 is 224 Å². The molecule has 2 aliphatic rings. The first-order valence-corrected chi connectivity index (χ1v) is 30.2. The molecule has 5 aromatic rings. The molecule has 0 aliphatic heterocycles. The first-order valence-electron chi connectivity index (χ1n) is 24.5. The Labute approximate surface area is 485 Å². The fourth-order valence-corrected chi connectivity index (χ4v) is 10.4. The number of hydrogen-bond donors (Lipinski definition) is 5. The summed E-state index contributed by atoms with van der Waals surface area (Å²) in [6.45, 7) is -4.59. The Morgan fingerprint density at radius 2 is 1.59 bits per heavy atom. The Morgan fingerprint density at radius 3 is 2.16 bits per heavy atom. The zero-order valence-corrected chi connectivity index (χ0v) is 47.8. The largest absolute Gasteiger partial charge is 0.481 e. The molecule has 0 unspecified atom stereocenters. The van der Waals surface area contributed by atoms with Gasteiger partial charge in [-0.2, -0.15) is 49.6 Å². The Morgan fingerprint density at radius 1 is 0.942 bits per heavy atom. The lowest BCUT2D eigenvalue weighted by atomic mass is 9.84. The van der Waals surface area contributed by atoms with Crippen LogP contribution >= 0.6 is 19.4 Å². The number of halogens is 11. The van der Waals surface area contributed by atoms with Crippen molar-refractivity contribution in [2.24, 2.45) is 5.92 Å². The molecule has 5 N–H and O–H groups in total. The molecule has 23 nitrogen and oxygen atoms in total. The molecule has 3 heterocycles. The minimum Gasteiger partial charge on any atom is -0.481 e. The molecule has 3 atom stereocenters. The van der Waals surface area contributed by atoms with Crippen LogP contribution in [0.3, 0.4) is 0 Å². The van der Waals surface area contributed by atoms with Gasteiger partial charge < -0.3 is 35.2 Å². The zero-order valence-electron chi connectivity index (χ0n) is 44.5. The van der Waals surface area contributed by atoms with Gasteiger partial charge >= 0.3 is 44.2 Å². The third kappa shape index (κ3) is 15.0. The summed E-state index contributed by atoms with van der Waals surface area (Å²) in [6.07, 6.45) is -12.8. The molecule has 7 rings (SSSR count). The summed E-state index contributed by atoms with van der Waals surface area (Å²) in [5.41, 5.74) is -7.16. The standard InChI is InChI=1S/C49H45ClF10N9O14PS2/c1-46(2,85(3,78)79)14-13-28-7-8-29(39(62-28)34(20-25-18-26(51)21-27(52)19-25)63-35(70)22-67-42-37(41(64-67)49(58,59)60)31-9-11-32(31)48(42,56)57)30-10-12-33(50)38-40(30)68(23-47(53,54)55)65-43(38)69(86(4,80)81)45(74)66(16-5-6-36(71)72)17-15-61-44(73)82-24-83-84(75,76)77/h7-8,10,12,18-19,21,31-32,34H,5-6,15-17,20,22-24H2,1-4H3,(H,61,73)(H,63,70)(H,71,72)(H2,75,76,77)/t31-,32+,34-/m0/s1. The highest BCUT2D eigenvalue weighted by Gasteiger charge is 2.62. The van der Waals surface area contributed by atoms with Crippen molar-refractivity contribution in [1.82, 2.24) is 40.1 Å². The second kappa shape index (κ2) is 24.3. The van der Waals surface area contributed by atoms with E-state index in [0.717, 1.165) is 42.7 Å². The van der Waals surface area contributed by atoms with Crippen molar-refractivity contribution in [1.29, 1.82) is 0 Å². The van der Waals surface area contributed by atoms with E-state index in [1.807, 2.05) is 0 Å². The molecule has 4 amide bonds. The molecule has 0 saturated carbocycles. The van der Waals surface area contributed by atoms with Gasteiger partial charge in [-0.15, -0.1) is 0 Å². The maximum Gasteiger partial charge on any atom is 0.472 e. The molecule has 3 aromatic heterocycles. The van der Waals surface area contributed by atoms with Crippen LogP contribution in [-0.2, 0) is 74.9 Å². The molecule has 0 spiro atoms. The Bertz CT molecular complexity index is 3970. The fourth-order valence-electron chi connectivity index (χ4n) is 8.92. The summed E-state index contributed by atoms with van der Waals surface area (Å²) in [5, 5.41) is 19.6. The summed E-state index contributed by atoms with van der Waals surface area (Å²) in [7, 11) is -14.3. The zero-order chi connectivity index (χ0) is 64.0. The fraction of sp³-hybridized carbons (Fsp3) is 0.408. The van der Waals surface area contributed by atoms with E-state index in [2.05, 4.69) is 58.8 Å². The van der Waals surface area contributed by atoms with E-state index >= 15 is 8.78 Å². The topological polar surface area (TPSA) is 312 Å². The van der Waals surface area contributed by atoms with E-state index in [4.69, 9.17) is 21.4 Å². The molecular weight excluding hydrogens is 1260 g/mol. The molecule has 0 saturated heterocycles. The molecule has 86 heavy (non-hydrogen) atoms. The van der Waals surface area contributed by atoms with Crippen molar-refractivity contribution < 1.29 is 109 Å². The van der Waals surface area contributed by atoms with E-state index in [1.165, 1.54) is 13.8 Å². The second-order valence-electron chi connectivity index (χ2n) is 19.7. The van der Waals surface area contributed by atoms with Crippen LogP contribution in [0.1, 0.15) is 72.6 Å². The number of urea groups is 1. The number of aliphatic carboxylic acids is 1. The quantitative estimate of drug-likeness (QED) is 0.0219. The number of hydrogen-bond acceptors (Lipinski definition) is 14. The van der Waals surface area contributed by atoms with Crippen molar-refractivity contribution in [3.8, 4) is 34.8 Å². The number of nitrogens with zero attached hydrogens (tertiary/aromatic N) is 7. The number of ether oxygens (including phenoxy) is 1. The molecule has 2 aromatic carbocycles. The Hall–Kier alpha value is -7.53. The van der Waals surface area contributed by atoms with E-state index in [-0.39, 0.29) is 19.2 Å². The highest BCUT2D eigenvalue weighted by Crippen LogP contribution is 2.58. The van der Waals surface area contributed by atoms with Crippen LogP contribution in [0.4, 0.5) is 59.3 Å². The molecule has 0 fully saturated rings. The first kappa shape index (κ1) is 66.0. The molecule has 0 bridgehead atoms. The maximum atomic E-state index is 15.9. The number of carbonyl (C=O) groups excluding carboxylic acids is 3. The number of sulfone groups is 1. The van der Waals surface area contributed by atoms with Gasteiger partial charge in [0, 0.05) is 55.1 Å². The predicted octanol–water partition coefficient (Wildman–Crippen LogP) is 6.75. The van der Waals surface area contributed by atoms with Crippen molar-refractivity contribution >= 4 is 80.0 Å². The number of carbonyl (C=O) groups is 4. The predicted molar refractivity (Wildman–Crippen MR) is 280 cm³/mol. The highest BCUT2D eigenvalue weighted by atomic mass is 35.5. The summed E-state index contributed by atoms with van der Waals surface area (Å²) >= 11 is 6.72.